The second-order valence-corrected chi connectivity index (χ2v) is 14.2. The van der Waals surface area contributed by atoms with Gasteiger partial charge in [0.2, 0.25) is 15.9 Å². The maximum atomic E-state index is 13.5. The van der Waals surface area contributed by atoms with Crippen molar-refractivity contribution >= 4 is 33.6 Å². The standard InChI is InChI=1S/C32H41N3O5S2/c1-32(2,3)34-30(37)26-18-12-11-17-25(26)20-29(36)27(19-23-13-7-5-8-14-23)33-31(38)28(35-42(4,39)40)22-41-21-24-15-9-6-10-16-24/h5-18,27-29,35-36H,19-22H2,1-4H3,(H,33,38)(H,34,37)/t27-,28+,29+/m0/s1. The lowest BCUT2D eigenvalue weighted by Crippen LogP contribution is -2.54. The van der Waals surface area contributed by atoms with Gasteiger partial charge in [0.05, 0.1) is 18.4 Å². The number of benzene rings is 3. The van der Waals surface area contributed by atoms with E-state index >= 15 is 0 Å². The summed E-state index contributed by atoms with van der Waals surface area (Å²) in [5.41, 5.74) is 2.61. The first kappa shape index (κ1) is 33.3. The van der Waals surface area contributed by atoms with Gasteiger partial charge in [-0.3, -0.25) is 9.59 Å². The molecule has 3 aromatic rings. The predicted molar refractivity (Wildman–Crippen MR) is 170 cm³/mol. The fourth-order valence-electron chi connectivity index (χ4n) is 4.42. The van der Waals surface area contributed by atoms with E-state index in [1.807, 2.05) is 81.4 Å². The van der Waals surface area contributed by atoms with E-state index in [1.54, 1.807) is 24.3 Å². The Balaban J connectivity index is 1.81. The number of nitrogens with one attached hydrogen (secondary N) is 3. The van der Waals surface area contributed by atoms with Crippen LogP contribution in [-0.4, -0.2) is 61.1 Å². The van der Waals surface area contributed by atoms with Crippen molar-refractivity contribution < 1.29 is 23.1 Å². The first-order chi connectivity index (χ1) is 19.8. The topological polar surface area (TPSA) is 125 Å². The molecule has 0 aromatic heterocycles. The lowest BCUT2D eigenvalue weighted by Gasteiger charge is -2.28. The van der Waals surface area contributed by atoms with Gasteiger partial charge in [-0.15, -0.1) is 0 Å². The van der Waals surface area contributed by atoms with E-state index in [0.717, 1.165) is 17.4 Å². The Labute approximate surface area is 253 Å². The van der Waals surface area contributed by atoms with Crippen molar-refractivity contribution in [3.05, 3.63) is 107 Å². The van der Waals surface area contributed by atoms with Crippen LogP contribution in [0, 0.1) is 0 Å². The quantitative estimate of drug-likeness (QED) is 0.220. The second kappa shape index (κ2) is 15.3. The molecular weight excluding hydrogens is 571 g/mol. The summed E-state index contributed by atoms with van der Waals surface area (Å²) >= 11 is 1.44. The molecule has 0 saturated heterocycles. The van der Waals surface area contributed by atoms with Crippen LogP contribution in [-0.2, 0) is 33.4 Å². The predicted octanol–water partition coefficient (Wildman–Crippen LogP) is 3.70. The van der Waals surface area contributed by atoms with Gasteiger partial charge >= 0.3 is 0 Å². The number of amides is 2. The molecule has 0 aliphatic rings. The number of carbonyl (C=O) groups excluding carboxylic acids is 2. The van der Waals surface area contributed by atoms with Gasteiger partial charge < -0.3 is 15.7 Å². The molecule has 4 N–H and O–H groups in total. The van der Waals surface area contributed by atoms with E-state index in [2.05, 4.69) is 15.4 Å². The molecule has 0 aliphatic carbocycles. The Morgan fingerprint density at radius 2 is 1.43 bits per heavy atom. The maximum absolute atomic E-state index is 13.5. The monoisotopic (exact) mass is 611 g/mol. The van der Waals surface area contributed by atoms with Crippen molar-refractivity contribution in [2.75, 3.05) is 12.0 Å². The average Bonchev–Trinajstić information content (AvgIpc) is 2.92. The Hall–Kier alpha value is -3.18. The summed E-state index contributed by atoms with van der Waals surface area (Å²) in [5, 5.41) is 17.3. The molecule has 42 heavy (non-hydrogen) atoms. The van der Waals surface area contributed by atoms with Gasteiger partial charge in [-0.1, -0.05) is 78.9 Å². The van der Waals surface area contributed by atoms with Crippen molar-refractivity contribution in [3.8, 4) is 0 Å². The highest BCUT2D eigenvalue weighted by atomic mass is 32.2. The molecule has 3 rings (SSSR count). The van der Waals surface area contributed by atoms with Crippen LogP contribution >= 0.6 is 11.8 Å². The van der Waals surface area contributed by atoms with Crippen LogP contribution in [0.3, 0.4) is 0 Å². The number of thioether (sulfide) groups is 1. The lowest BCUT2D eigenvalue weighted by atomic mass is 9.93. The molecule has 10 heteroatoms. The highest BCUT2D eigenvalue weighted by molar-refractivity contribution is 7.98. The Morgan fingerprint density at radius 1 is 0.857 bits per heavy atom. The summed E-state index contributed by atoms with van der Waals surface area (Å²) in [7, 11) is -3.69. The third-order valence-electron chi connectivity index (χ3n) is 6.34. The van der Waals surface area contributed by atoms with Gasteiger partial charge in [0.15, 0.2) is 0 Å². The first-order valence-corrected chi connectivity index (χ1v) is 16.9. The zero-order chi connectivity index (χ0) is 30.8. The first-order valence-electron chi connectivity index (χ1n) is 13.8. The van der Waals surface area contributed by atoms with Gasteiger partial charge in [0.1, 0.15) is 6.04 Å². The molecule has 0 radical (unpaired) electrons. The van der Waals surface area contributed by atoms with E-state index in [0.29, 0.717) is 23.3 Å². The van der Waals surface area contributed by atoms with Crippen LogP contribution in [0.25, 0.3) is 0 Å². The van der Waals surface area contributed by atoms with Crippen molar-refractivity contribution in [2.24, 2.45) is 0 Å². The fourth-order valence-corrected chi connectivity index (χ4v) is 6.25. The zero-order valence-corrected chi connectivity index (χ0v) is 26.2. The molecule has 0 aliphatic heterocycles. The van der Waals surface area contributed by atoms with Crippen LogP contribution < -0.4 is 15.4 Å². The number of aliphatic hydroxyl groups excluding tert-OH is 1. The largest absolute Gasteiger partial charge is 0.391 e. The molecule has 0 spiro atoms. The van der Waals surface area contributed by atoms with Crippen molar-refractivity contribution in [2.45, 2.75) is 63.1 Å². The van der Waals surface area contributed by atoms with Crippen molar-refractivity contribution in [1.29, 1.82) is 0 Å². The number of aliphatic hydroxyl groups is 1. The van der Waals surface area contributed by atoms with Gasteiger partial charge in [-0.25, -0.2) is 13.1 Å². The molecule has 3 atom stereocenters. The van der Waals surface area contributed by atoms with E-state index in [1.165, 1.54) is 11.8 Å². The average molecular weight is 612 g/mol. The highest BCUT2D eigenvalue weighted by Crippen LogP contribution is 2.18. The van der Waals surface area contributed by atoms with Crippen LogP contribution in [0.4, 0.5) is 0 Å². The molecule has 8 nitrogen and oxygen atoms in total. The van der Waals surface area contributed by atoms with Gasteiger partial charge in [-0.2, -0.15) is 11.8 Å². The minimum absolute atomic E-state index is 0.110. The number of sulfonamides is 1. The summed E-state index contributed by atoms with van der Waals surface area (Å²) in [6, 6.07) is 24.4. The molecule has 0 heterocycles. The van der Waals surface area contributed by atoms with Crippen LogP contribution in [0.2, 0.25) is 0 Å². The minimum atomic E-state index is -3.69. The van der Waals surface area contributed by atoms with Crippen LogP contribution in [0.15, 0.2) is 84.9 Å². The Morgan fingerprint density at radius 3 is 2.02 bits per heavy atom. The molecule has 0 fully saturated rings. The zero-order valence-electron chi connectivity index (χ0n) is 24.5. The summed E-state index contributed by atoms with van der Waals surface area (Å²) < 4.78 is 26.7. The lowest BCUT2D eigenvalue weighted by molar-refractivity contribution is -0.123. The van der Waals surface area contributed by atoms with Crippen LogP contribution in [0.5, 0.6) is 0 Å². The third-order valence-corrected chi connectivity index (χ3v) is 8.16. The third kappa shape index (κ3) is 11.6. The second-order valence-electron chi connectivity index (χ2n) is 11.4. The molecule has 0 unspecified atom stereocenters. The molecule has 3 aromatic carbocycles. The SMILES string of the molecule is CC(C)(C)NC(=O)c1ccccc1C[C@@H](O)[C@H](Cc1ccccc1)NC(=O)[C@@H](CSCc1ccccc1)NS(C)(=O)=O. The number of hydrogen-bond donors (Lipinski definition) is 4. The molecular formula is C32H41N3O5S2. The molecule has 2 amide bonds. The minimum Gasteiger partial charge on any atom is -0.391 e. The number of rotatable bonds is 14. The fraction of sp³-hybridized carbons (Fsp3) is 0.375. The van der Waals surface area contributed by atoms with E-state index in [9.17, 15) is 23.1 Å². The Bertz CT molecular complexity index is 1410. The smallest absolute Gasteiger partial charge is 0.251 e. The van der Waals surface area contributed by atoms with E-state index in [-0.39, 0.29) is 18.1 Å². The summed E-state index contributed by atoms with van der Waals surface area (Å²) in [5.74, 6) is 0.0404. The van der Waals surface area contributed by atoms with Crippen LogP contribution in [0.1, 0.15) is 47.8 Å². The number of carbonyl (C=O) groups is 2. The van der Waals surface area contributed by atoms with E-state index < -0.39 is 39.7 Å². The van der Waals surface area contributed by atoms with E-state index in [4.69, 9.17) is 0 Å². The molecule has 0 bridgehead atoms. The Kier molecular flexibility index (Phi) is 12.2. The van der Waals surface area contributed by atoms with Gasteiger partial charge in [0.25, 0.3) is 5.91 Å². The summed E-state index contributed by atoms with van der Waals surface area (Å²) in [6.07, 6.45) is 0.379. The molecule has 0 saturated carbocycles. The molecule has 226 valence electrons. The van der Waals surface area contributed by atoms with Crippen molar-refractivity contribution in [3.63, 3.8) is 0 Å². The summed E-state index contributed by atoms with van der Waals surface area (Å²) in [4.78, 5) is 26.5. The summed E-state index contributed by atoms with van der Waals surface area (Å²) in [6.45, 7) is 5.69. The van der Waals surface area contributed by atoms with Gasteiger partial charge in [0, 0.05) is 29.0 Å². The highest BCUT2D eigenvalue weighted by Gasteiger charge is 2.29. The van der Waals surface area contributed by atoms with Gasteiger partial charge in [-0.05, 0) is 49.9 Å². The van der Waals surface area contributed by atoms with Crippen molar-refractivity contribution in [1.82, 2.24) is 15.4 Å². The maximum Gasteiger partial charge on any atom is 0.251 e. The normalized spacial score (nSPS) is 14.0. The number of hydrogen-bond acceptors (Lipinski definition) is 6.